The van der Waals surface area contributed by atoms with Gasteiger partial charge in [0.05, 0.1) is 31.9 Å². The predicted molar refractivity (Wildman–Crippen MR) is 93.0 cm³/mol. The normalized spacial score (nSPS) is 12.4. The number of carbonyl (C=O) groups excluding carboxylic acids is 1. The van der Waals surface area contributed by atoms with Gasteiger partial charge in [0.2, 0.25) is 5.91 Å². The summed E-state index contributed by atoms with van der Waals surface area (Å²) in [5.41, 5.74) is 0.674. The van der Waals surface area contributed by atoms with E-state index < -0.39 is 0 Å². The standard InChI is InChI=1S/C16H18Cl2N2OS/c1-20(2)14(15-7-4-8-22-15)10-19-16(21)9-11-12(17)5-3-6-13(11)18/h3-8,14H,9-10H2,1-2H3,(H,19,21)/p+1/t14-/m1/s1. The molecule has 0 aliphatic heterocycles. The summed E-state index contributed by atoms with van der Waals surface area (Å²) in [6.45, 7) is 0.587. The molecule has 1 heterocycles. The van der Waals surface area contributed by atoms with E-state index in [4.69, 9.17) is 23.2 Å². The van der Waals surface area contributed by atoms with Crippen LogP contribution in [0.5, 0.6) is 0 Å². The Bertz CT molecular complexity index is 609. The molecule has 2 aromatic rings. The first-order valence-electron chi connectivity index (χ1n) is 7.02. The van der Waals surface area contributed by atoms with Gasteiger partial charge in [-0.15, -0.1) is 11.3 Å². The van der Waals surface area contributed by atoms with Crippen LogP contribution >= 0.6 is 34.5 Å². The quantitative estimate of drug-likeness (QED) is 0.818. The third-order valence-corrected chi connectivity index (χ3v) is 5.18. The van der Waals surface area contributed by atoms with Crippen LogP contribution < -0.4 is 10.2 Å². The first-order chi connectivity index (χ1) is 10.5. The fraction of sp³-hybridized carbons (Fsp3) is 0.312. The lowest BCUT2D eigenvalue weighted by atomic mass is 10.1. The number of rotatable bonds is 6. The summed E-state index contributed by atoms with van der Waals surface area (Å²) in [7, 11) is 4.17. The van der Waals surface area contributed by atoms with Crippen LogP contribution in [0.4, 0.5) is 0 Å². The molecule has 2 rings (SSSR count). The summed E-state index contributed by atoms with van der Waals surface area (Å²) < 4.78 is 0. The van der Waals surface area contributed by atoms with E-state index in [1.54, 1.807) is 29.5 Å². The van der Waals surface area contributed by atoms with Gasteiger partial charge in [0.15, 0.2) is 0 Å². The van der Waals surface area contributed by atoms with Crippen molar-refractivity contribution >= 4 is 40.4 Å². The summed E-state index contributed by atoms with van der Waals surface area (Å²) in [4.78, 5) is 14.7. The van der Waals surface area contributed by atoms with E-state index in [0.717, 1.165) is 0 Å². The van der Waals surface area contributed by atoms with Crippen molar-refractivity contribution in [1.29, 1.82) is 0 Å². The number of nitrogens with one attached hydrogen (secondary N) is 2. The van der Waals surface area contributed by atoms with E-state index in [-0.39, 0.29) is 18.4 Å². The zero-order valence-electron chi connectivity index (χ0n) is 12.5. The third kappa shape index (κ3) is 4.46. The molecule has 6 heteroatoms. The zero-order valence-corrected chi connectivity index (χ0v) is 14.9. The second-order valence-electron chi connectivity index (χ2n) is 5.33. The molecule has 1 amide bonds. The molecule has 0 radical (unpaired) electrons. The van der Waals surface area contributed by atoms with Gasteiger partial charge in [0.1, 0.15) is 6.04 Å². The van der Waals surface area contributed by atoms with Crippen LogP contribution in [0.1, 0.15) is 16.5 Å². The number of quaternary nitrogens is 1. The van der Waals surface area contributed by atoms with Crippen molar-refractivity contribution in [2.45, 2.75) is 12.5 Å². The van der Waals surface area contributed by atoms with Crippen LogP contribution in [0.2, 0.25) is 10.0 Å². The smallest absolute Gasteiger partial charge is 0.224 e. The summed E-state index contributed by atoms with van der Waals surface area (Å²) in [5.74, 6) is -0.0715. The molecule has 118 valence electrons. The molecule has 3 nitrogen and oxygen atoms in total. The molecule has 0 fully saturated rings. The predicted octanol–water partition coefficient (Wildman–Crippen LogP) is 2.60. The maximum absolute atomic E-state index is 12.2. The van der Waals surface area contributed by atoms with E-state index in [9.17, 15) is 4.79 Å². The lowest BCUT2D eigenvalue weighted by Crippen LogP contribution is -3.06. The minimum atomic E-state index is -0.0715. The van der Waals surface area contributed by atoms with Crippen LogP contribution in [0.25, 0.3) is 0 Å². The number of benzene rings is 1. The number of halogens is 2. The number of likely N-dealkylation sites (N-methyl/N-ethyl adjacent to an activating group) is 1. The Kier molecular flexibility index (Phi) is 6.26. The van der Waals surface area contributed by atoms with E-state index in [0.29, 0.717) is 22.2 Å². The molecule has 0 saturated carbocycles. The first-order valence-corrected chi connectivity index (χ1v) is 8.65. The maximum atomic E-state index is 12.2. The Morgan fingerprint density at radius 3 is 2.45 bits per heavy atom. The van der Waals surface area contributed by atoms with Gasteiger partial charge in [0.25, 0.3) is 0 Å². The van der Waals surface area contributed by atoms with Gasteiger partial charge >= 0.3 is 0 Å². The van der Waals surface area contributed by atoms with Gasteiger partial charge in [-0.1, -0.05) is 35.3 Å². The fourth-order valence-corrected chi connectivity index (χ4v) is 3.70. The maximum Gasteiger partial charge on any atom is 0.224 e. The van der Waals surface area contributed by atoms with E-state index >= 15 is 0 Å². The molecule has 0 bridgehead atoms. The number of hydrogen-bond donors (Lipinski definition) is 2. The highest BCUT2D eigenvalue weighted by Crippen LogP contribution is 2.24. The van der Waals surface area contributed by atoms with Crippen molar-refractivity contribution in [2.75, 3.05) is 20.6 Å². The summed E-state index contributed by atoms with van der Waals surface area (Å²) in [6.07, 6.45) is 0.193. The van der Waals surface area contributed by atoms with Crippen molar-refractivity contribution in [3.8, 4) is 0 Å². The van der Waals surface area contributed by atoms with Crippen LogP contribution in [0.15, 0.2) is 35.7 Å². The van der Waals surface area contributed by atoms with E-state index in [2.05, 4.69) is 30.9 Å². The molecular formula is C16H19Cl2N2OS+. The molecule has 0 aliphatic carbocycles. The highest BCUT2D eigenvalue weighted by atomic mass is 35.5. The Labute approximate surface area is 144 Å². The number of thiophene rings is 1. The monoisotopic (exact) mass is 357 g/mol. The van der Waals surface area contributed by atoms with Crippen LogP contribution in [-0.4, -0.2) is 26.5 Å². The Morgan fingerprint density at radius 1 is 1.23 bits per heavy atom. The molecule has 1 aromatic carbocycles. The lowest BCUT2D eigenvalue weighted by Gasteiger charge is -2.20. The Balaban J connectivity index is 1.97. The van der Waals surface area contributed by atoms with Gasteiger partial charge in [-0.3, -0.25) is 4.79 Å². The minimum absolute atomic E-state index is 0.0715. The topological polar surface area (TPSA) is 33.5 Å². The Hall–Kier alpha value is -1.07. The molecule has 0 unspecified atom stereocenters. The molecule has 1 aromatic heterocycles. The fourth-order valence-electron chi connectivity index (χ4n) is 2.22. The summed E-state index contributed by atoms with van der Waals surface area (Å²) in [5, 5.41) is 6.08. The molecule has 0 aliphatic rings. The van der Waals surface area contributed by atoms with Gasteiger partial charge in [-0.25, -0.2) is 0 Å². The van der Waals surface area contributed by atoms with Gasteiger partial charge in [-0.05, 0) is 29.1 Å². The lowest BCUT2D eigenvalue weighted by molar-refractivity contribution is -0.890. The van der Waals surface area contributed by atoms with Crippen LogP contribution in [0.3, 0.4) is 0 Å². The molecular weight excluding hydrogens is 339 g/mol. The highest BCUT2D eigenvalue weighted by Gasteiger charge is 2.20. The highest BCUT2D eigenvalue weighted by molar-refractivity contribution is 7.10. The van der Waals surface area contributed by atoms with Crippen molar-refractivity contribution in [2.24, 2.45) is 0 Å². The van der Waals surface area contributed by atoms with Gasteiger partial charge in [-0.2, -0.15) is 0 Å². The summed E-state index contributed by atoms with van der Waals surface area (Å²) in [6, 6.07) is 9.63. The zero-order chi connectivity index (χ0) is 16.1. The molecule has 2 N–H and O–H groups in total. The van der Waals surface area contributed by atoms with Crippen molar-refractivity contribution in [3.05, 3.63) is 56.2 Å². The molecule has 0 saturated heterocycles. The van der Waals surface area contributed by atoms with E-state index in [1.165, 1.54) is 9.78 Å². The third-order valence-electron chi connectivity index (χ3n) is 3.49. The van der Waals surface area contributed by atoms with Crippen molar-refractivity contribution in [1.82, 2.24) is 5.32 Å². The average Bonchev–Trinajstić information content (AvgIpc) is 2.97. The minimum Gasteiger partial charge on any atom is -0.349 e. The second kappa shape index (κ2) is 7.97. The summed E-state index contributed by atoms with van der Waals surface area (Å²) >= 11 is 13.9. The second-order valence-corrected chi connectivity index (χ2v) is 7.12. The van der Waals surface area contributed by atoms with Crippen molar-refractivity contribution < 1.29 is 9.69 Å². The van der Waals surface area contributed by atoms with Gasteiger partial charge in [0, 0.05) is 10.0 Å². The average molecular weight is 358 g/mol. The number of amides is 1. The molecule has 1 atom stereocenters. The SMILES string of the molecule is C[NH+](C)[C@H](CNC(=O)Cc1c(Cl)cccc1Cl)c1cccs1. The number of carbonyl (C=O) groups is 1. The molecule has 22 heavy (non-hydrogen) atoms. The van der Waals surface area contributed by atoms with Crippen LogP contribution in [0, 0.1) is 0 Å². The first kappa shape index (κ1) is 17.3. The molecule has 0 spiro atoms. The van der Waals surface area contributed by atoms with Crippen LogP contribution in [-0.2, 0) is 11.2 Å². The Morgan fingerprint density at radius 2 is 1.91 bits per heavy atom. The van der Waals surface area contributed by atoms with Gasteiger partial charge < -0.3 is 10.2 Å². The van der Waals surface area contributed by atoms with Crippen molar-refractivity contribution in [3.63, 3.8) is 0 Å². The van der Waals surface area contributed by atoms with E-state index in [1.807, 2.05) is 6.07 Å². The number of hydrogen-bond acceptors (Lipinski definition) is 2. The largest absolute Gasteiger partial charge is 0.349 e.